The first-order chi connectivity index (χ1) is 9.27. The molecule has 1 fully saturated rings. The Labute approximate surface area is 119 Å². The van der Waals surface area contributed by atoms with Crippen LogP contribution in [0, 0.1) is 5.82 Å². The van der Waals surface area contributed by atoms with Crippen LogP contribution in [0.4, 0.5) is 4.39 Å². The highest BCUT2D eigenvalue weighted by atomic mass is 19.1. The van der Waals surface area contributed by atoms with Crippen molar-refractivity contribution in [3.63, 3.8) is 0 Å². The van der Waals surface area contributed by atoms with E-state index in [1.165, 1.54) is 12.1 Å². The van der Waals surface area contributed by atoms with Crippen LogP contribution in [0.1, 0.15) is 32.8 Å². The molecule has 112 valence electrons. The summed E-state index contributed by atoms with van der Waals surface area (Å²) in [5.74, 6) is -0.265. The van der Waals surface area contributed by atoms with Gasteiger partial charge in [-0.1, -0.05) is 12.1 Å². The van der Waals surface area contributed by atoms with Gasteiger partial charge in [0.25, 0.3) is 6.47 Å². The molecule has 5 heteroatoms. The second-order valence-electron chi connectivity index (χ2n) is 5.79. The number of β-amino-alcohol motifs (C(OH)–C–C–N with tert-alkyl or cyclic N) is 1. The number of hydrogen-bond donors (Lipinski definition) is 2. The zero-order valence-electron chi connectivity index (χ0n) is 12.1. The Morgan fingerprint density at radius 1 is 1.35 bits per heavy atom. The van der Waals surface area contributed by atoms with Crippen molar-refractivity contribution in [3.8, 4) is 0 Å². The lowest BCUT2D eigenvalue weighted by atomic mass is 9.93. The van der Waals surface area contributed by atoms with Crippen molar-refractivity contribution in [1.29, 1.82) is 0 Å². The van der Waals surface area contributed by atoms with Crippen LogP contribution in [0.2, 0.25) is 0 Å². The van der Waals surface area contributed by atoms with Crippen molar-refractivity contribution in [2.24, 2.45) is 0 Å². The number of hydrogen-bond acceptors (Lipinski definition) is 4. The van der Waals surface area contributed by atoms with E-state index in [1.807, 2.05) is 20.8 Å². The molecule has 0 radical (unpaired) electrons. The van der Waals surface area contributed by atoms with Gasteiger partial charge in [-0.15, -0.1) is 0 Å². The molecule has 20 heavy (non-hydrogen) atoms. The van der Waals surface area contributed by atoms with E-state index in [4.69, 9.17) is 0 Å². The molecule has 4 nitrogen and oxygen atoms in total. The summed E-state index contributed by atoms with van der Waals surface area (Å²) in [6, 6.07) is 6.04. The summed E-state index contributed by atoms with van der Waals surface area (Å²) < 4.78 is 17.1. The lowest BCUT2D eigenvalue weighted by molar-refractivity contribution is -0.138. The number of halogens is 1. The van der Waals surface area contributed by atoms with Gasteiger partial charge < -0.3 is 15.2 Å². The highest BCUT2D eigenvalue weighted by Gasteiger charge is 2.32. The summed E-state index contributed by atoms with van der Waals surface area (Å²) in [5.41, 5.74) is -0.325. The van der Waals surface area contributed by atoms with Crippen LogP contribution in [-0.4, -0.2) is 30.3 Å². The van der Waals surface area contributed by atoms with Gasteiger partial charge in [0.2, 0.25) is 0 Å². The average Bonchev–Trinajstić information content (AvgIpc) is 2.77. The molecule has 1 atom stereocenters. The highest BCUT2D eigenvalue weighted by molar-refractivity contribution is 5.37. The number of carbonyl (C=O) groups excluding carboxylic acids is 1. The summed E-state index contributed by atoms with van der Waals surface area (Å²) in [5, 5.41) is 13.2. The number of carbonyl (C=O) groups is 1. The van der Waals surface area contributed by atoms with E-state index in [2.05, 4.69) is 10.1 Å². The fourth-order valence-corrected chi connectivity index (χ4v) is 1.83. The van der Waals surface area contributed by atoms with Gasteiger partial charge in [-0.05, 0) is 51.4 Å². The quantitative estimate of drug-likeness (QED) is 0.815. The van der Waals surface area contributed by atoms with E-state index in [-0.39, 0.29) is 11.4 Å². The molecule has 2 N–H and O–H groups in total. The molecule has 1 heterocycles. The molecule has 1 aromatic rings. The van der Waals surface area contributed by atoms with Gasteiger partial charge in [0, 0.05) is 6.54 Å². The van der Waals surface area contributed by atoms with Crippen molar-refractivity contribution in [1.82, 2.24) is 5.32 Å². The minimum absolute atomic E-state index is 0.265. The molecule has 1 aliphatic rings. The summed E-state index contributed by atoms with van der Waals surface area (Å²) >= 11 is 0. The molecule has 1 unspecified atom stereocenters. The molecule has 1 aliphatic heterocycles. The van der Waals surface area contributed by atoms with Crippen molar-refractivity contribution < 1.29 is 19.0 Å². The van der Waals surface area contributed by atoms with Crippen molar-refractivity contribution in [3.05, 3.63) is 35.6 Å². The molecule has 2 rings (SSSR count). The predicted octanol–water partition coefficient (Wildman–Crippen LogP) is 1.96. The van der Waals surface area contributed by atoms with Crippen molar-refractivity contribution in [2.75, 3.05) is 13.1 Å². The third-order valence-corrected chi connectivity index (χ3v) is 2.92. The van der Waals surface area contributed by atoms with E-state index in [0.717, 1.165) is 12.1 Å². The molecule has 0 aromatic heterocycles. The number of nitrogens with one attached hydrogen (secondary N) is 1. The second kappa shape index (κ2) is 6.81. The molecule has 0 bridgehead atoms. The van der Waals surface area contributed by atoms with Crippen LogP contribution >= 0.6 is 0 Å². The maximum absolute atomic E-state index is 12.6. The average molecular weight is 283 g/mol. The zero-order chi connectivity index (χ0) is 15.2. The van der Waals surface area contributed by atoms with Gasteiger partial charge >= 0.3 is 0 Å². The number of rotatable bonds is 2. The first-order valence-electron chi connectivity index (χ1n) is 6.57. The van der Waals surface area contributed by atoms with Gasteiger partial charge in [0.1, 0.15) is 17.0 Å². The molecule has 0 spiro atoms. The minimum Gasteiger partial charge on any atom is -0.462 e. The van der Waals surface area contributed by atoms with Crippen LogP contribution in [0.3, 0.4) is 0 Å². The van der Waals surface area contributed by atoms with E-state index in [9.17, 15) is 14.3 Å². The number of aliphatic hydroxyl groups is 1. The third kappa shape index (κ3) is 5.27. The zero-order valence-corrected chi connectivity index (χ0v) is 12.1. The van der Waals surface area contributed by atoms with Gasteiger partial charge in [-0.2, -0.15) is 0 Å². The fourth-order valence-electron chi connectivity index (χ4n) is 1.83. The van der Waals surface area contributed by atoms with E-state index >= 15 is 0 Å². The first-order valence-corrected chi connectivity index (χ1v) is 6.57. The van der Waals surface area contributed by atoms with Crippen molar-refractivity contribution in [2.45, 2.75) is 38.4 Å². The van der Waals surface area contributed by atoms with E-state index < -0.39 is 5.60 Å². The predicted molar refractivity (Wildman–Crippen MR) is 74.7 cm³/mol. The standard InChI is InChI=1S/C10H12FNO.C5H10O2/c11-9-3-1-8(2-4-9)10(13)5-6-12-7-10;1-5(2,3)7-4-6/h1-4,12-13H,5-7H2;4H,1-3H3. The van der Waals surface area contributed by atoms with Crippen LogP contribution < -0.4 is 5.32 Å². The highest BCUT2D eigenvalue weighted by Crippen LogP contribution is 2.27. The Morgan fingerprint density at radius 3 is 2.30 bits per heavy atom. The number of ether oxygens (including phenoxy) is 1. The lowest BCUT2D eigenvalue weighted by Gasteiger charge is -2.21. The number of benzene rings is 1. The summed E-state index contributed by atoms with van der Waals surface area (Å²) in [6.45, 7) is 7.29. The molecule has 0 amide bonds. The van der Waals surface area contributed by atoms with Crippen LogP contribution in [0.5, 0.6) is 0 Å². The Balaban J connectivity index is 0.000000246. The first kappa shape index (κ1) is 16.6. The maximum atomic E-state index is 12.6. The molecule has 0 saturated carbocycles. The second-order valence-corrected chi connectivity index (χ2v) is 5.79. The Morgan fingerprint density at radius 2 is 1.95 bits per heavy atom. The largest absolute Gasteiger partial charge is 0.462 e. The Kier molecular flexibility index (Phi) is 5.65. The topological polar surface area (TPSA) is 58.6 Å². The fraction of sp³-hybridized carbons (Fsp3) is 0.533. The molecule has 1 aromatic carbocycles. The summed E-state index contributed by atoms with van der Waals surface area (Å²) in [7, 11) is 0. The van der Waals surface area contributed by atoms with Gasteiger partial charge in [-0.3, -0.25) is 4.79 Å². The Bertz CT molecular complexity index is 420. The minimum atomic E-state index is -0.798. The summed E-state index contributed by atoms with van der Waals surface area (Å²) in [6.07, 6.45) is 0.693. The van der Waals surface area contributed by atoms with Gasteiger partial charge in [-0.25, -0.2) is 4.39 Å². The SMILES string of the molecule is CC(C)(C)OC=O.OC1(c2ccc(F)cc2)CCNC1. The Hall–Kier alpha value is -1.46. The van der Waals surface area contributed by atoms with Gasteiger partial charge in [0.05, 0.1) is 0 Å². The van der Waals surface area contributed by atoms with Crippen LogP contribution in [-0.2, 0) is 15.1 Å². The van der Waals surface area contributed by atoms with E-state index in [1.54, 1.807) is 12.1 Å². The van der Waals surface area contributed by atoms with Crippen LogP contribution in [0.25, 0.3) is 0 Å². The normalized spacial score (nSPS) is 21.9. The van der Waals surface area contributed by atoms with Gasteiger partial charge in [0.15, 0.2) is 0 Å². The molecule has 1 saturated heterocycles. The molecular formula is C15H22FNO3. The van der Waals surface area contributed by atoms with Crippen LogP contribution in [0.15, 0.2) is 24.3 Å². The smallest absolute Gasteiger partial charge is 0.293 e. The molecule has 0 aliphatic carbocycles. The summed E-state index contributed by atoms with van der Waals surface area (Å²) in [4.78, 5) is 9.60. The lowest BCUT2D eigenvalue weighted by Crippen LogP contribution is -2.28. The molecular weight excluding hydrogens is 261 g/mol. The van der Waals surface area contributed by atoms with Crippen molar-refractivity contribution >= 4 is 6.47 Å². The van der Waals surface area contributed by atoms with E-state index in [0.29, 0.717) is 19.4 Å². The third-order valence-electron chi connectivity index (χ3n) is 2.92. The monoisotopic (exact) mass is 283 g/mol. The maximum Gasteiger partial charge on any atom is 0.293 e.